The predicted molar refractivity (Wildman–Crippen MR) is 111 cm³/mol. The van der Waals surface area contributed by atoms with E-state index in [1.54, 1.807) is 12.1 Å². The first-order valence-corrected chi connectivity index (χ1v) is 10.8. The van der Waals surface area contributed by atoms with E-state index in [0.29, 0.717) is 5.30 Å². The highest BCUT2D eigenvalue weighted by Gasteiger charge is 2.31. The molecule has 1 rings (SSSR count). The van der Waals surface area contributed by atoms with Crippen LogP contribution in [0.4, 0.5) is 0 Å². The number of carbonyl (C=O) groups excluding carboxylic acids is 2. The third-order valence-electron chi connectivity index (χ3n) is 3.71. The summed E-state index contributed by atoms with van der Waals surface area (Å²) in [5.74, 6) is -1.04. The Labute approximate surface area is 172 Å². The molecule has 0 bridgehead atoms. The van der Waals surface area contributed by atoms with Crippen molar-refractivity contribution >= 4 is 24.8 Å². The first-order valence-electron chi connectivity index (χ1n) is 9.22. The lowest BCUT2D eigenvalue weighted by Crippen LogP contribution is -2.20. The van der Waals surface area contributed by atoms with Gasteiger partial charge in [-0.1, -0.05) is 45.2 Å². The second kappa shape index (κ2) is 11.7. The molecule has 0 radical (unpaired) electrons. The van der Waals surface area contributed by atoms with E-state index in [0.717, 1.165) is 5.56 Å². The summed E-state index contributed by atoms with van der Waals surface area (Å²) in [5, 5.41) is 0.424. The minimum atomic E-state index is -3.76. The maximum absolute atomic E-state index is 13.5. The number of esters is 2. The molecule has 0 heterocycles. The van der Waals surface area contributed by atoms with Crippen LogP contribution in [0.1, 0.15) is 39.2 Å². The molecule has 0 atom stereocenters. The Kier molecular flexibility index (Phi) is 10.0. The zero-order valence-electron chi connectivity index (χ0n) is 17.4. The van der Waals surface area contributed by atoms with Gasteiger partial charge in [0.2, 0.25) is 0 Å². The number of benzene rings is 1. The summed E-state index contributed by atoms with van der Waals surface area (Å²) in [6, 6.07) is 7.10. The largest absolute Gasteiger partial charge is 0.460 e. The molecule has 0 fully saturated rings. The normalized spacial score (nSPS) is 11.2. The average Bonchev–Trinajstić information content (AvgIpc) is 2.68. The molecule has 7 nitrogen and oxygen atoms in total. The van der Waals surface area contributed by atoms with Crippen molar-refractivity contribution in [1.82, 2.24) is 0 Å². The minimum Gasteiger partial charge on any atom is -0.460 e. The lowest BCUT2D eigenvalue weighted by atomic mass is 10.0. The summed E-state index contributed by atoms with van der Waals surface area (Å²) < 4.78 is 34.6. The summed E-state index contributed by atoms with van der Waals surface area (Å²) >= 11 is 0. The van der Waals surface area contributed by atoms with Crippen molar-refractivity contribution in [2.75, 3.05) is 26.4 Å². The molecule has 1 aromatic carbocycles. The van der Waals surface area contributed by atoms with Gasteiger partial charge in [0, 0.05) is 11.1 Å². The first kappa shape index (κ1) is 24.8. The average molecular weight is 424 g/mol. The van der Waals surface area contributed by atoms with E-state index in [9.17, 15) is 14.2 Å². The minimum absolute atomic E-state index is 0.0780. The molecular weight excluding hydrogens is 395 g/mol. The summed E-state index contributed by atoms with van der Waals surface area (Å²) in [6.07, 6.45) is 0. The van der Waals surface area contributed by atoms with Gasteiger partial charge in [-0.25, -0.2) is 9.59 Å². The Balaban J connectivity index is 2.89. The second-order valence-corrected chi connectivity index (χ2v) is 8.70. The van der Waals surface area contributed by atoms with Crippen LogP contribution in [0.15, 0.2) is 48.6 Å². The van der Waals surface area contributed by atoms with Crippen LogP contribution < -0.4 is 5.30 Å². The van der Waals surface area contributed by atoms with Crippen LogP contribution in [-0.4, -0.2) is 38.4 Å². The molecule has 0 spiro atoms. The van der Waals surface area contributed by atoms with Crippen molar-refractivity contribution in [2.45, 2.75) is 33.6 Å². The summed E-state index contributed by atoms with van der Waals surface area (Å²) in [6.45, 7) is 13.5. The molecule has 8 heteroatoms. The van der Waals surface area contributed by atoms with Crippen LogP contribution in [0.2, 0.25) is 0 Å². The van der Waals surface area contributed by atoms with Gasteiger partial charge in [-0.15, -0.1) is 0 Å². The maximum Gasteiger partial charge on any atom is 0.361 e. The molecule has 0 aliphatic rings. The molecule has 1 aromatic rings. The molecule has 0 saturated carbocycles. The molecule has 0 amide bonds. The van der Waals surface area contributed by atoms with Crippen molar-refractivity contribution in [1.29, 1.82) is 0 Å². The number of hydrogen-bond acceptors (Lipinski definition) is 7. The molecule has 0 N–H and O–H groups in total. The monoisotopic (exact) mass is 424 g/mol. The van der Waals surface area contributed by atoms with Crippen molar-refractivity contribution in [3.63, 3.8) is 0 Å². The standard InChI is InChI=1S/C21H29O7P/c1-15(2)18-9-7-8-10-19(18)29(24,27-13-11-25-20(22)16(3)4)28-14-12-26-21(23)17(5)6/h7-10,15H,3,5,11-14H2,1-2,4,6H3. The lowest BCUT2D eigenvalue weighted by molar-refractivity contribution is -0.140. The van der Waals surface area contributed by atoms with Gasteiger partial charge in [-0.05, 0) is 31.4 Å². The Morgan fingerprint density at radius 1 is 0.897 bits per heavy atom. The van der Waals surface area contributed by atoms with E-state index in [1.807, 2.05) is 26.0 Å². The van der Waals surface area contributed by atoms with Crippen LogP contribution in [0, 0.1) is 0 Å². The van der Waals surface area contributed by atoms with Gasteiger partial charge in [0.05, 0.1) is 18.5 Å². The van der Waals surface area contributed by atoms with Crippen molar-refractivity contribution in [2.24, 2.45) is 0 Å². The van der Waals surface area contributed by atoms with Gasteiger partial charge in [-0.3, -0.25) is 4.57 Å². The van der Waals surface area contributed by atoms with Gasteiger partial charge in [0.25, 0.3) is 0 Å². The van der Waals surface area contributed by atoms with E-state index >= 15 is 0 Å². The molecule has 29 heavy (non-hydrogen) atoms. The van der Waals surface area contributed by atoms with Gasteiger partial charge in [0.15, 0.2) is 0 Å². The van der Waals surface area contributed by atoms with Gasteiger partial charge in [0.1, 0.15) is 13.2 Å². The SMILES string of the molecule is C=C(C)C(=O)OCCOP(=O)(OCCOC(=O)C(=C)C)c1ccccc1C(C)C. The highest BCUT2D eigenvalue weighted by molar-refractivity contribution is 7.62. The fourth-order valence-electron chi connectivity index (χ4n) is 2.23. The molecular formula is C21H29O7P. The highest BCUT2D eigenvalue weighted by atomic mass is 31.2. The molecule has 0 aromatic heterocycles. The molecule has 0 aliphatic carbocycles. The van der Waals surface area contributed by atoms with Gasteiger partial charge in [-0.2, -0.15) is 0 Å². The summed E-state index contributed by atoms with van der Waals surface area (Å²) in [5.41, 5.74) is 1.33. The van der Waals surface area contributed by atoms with Crippen LogP contribution >= 0.6 is 7.60 Å². The van der Waals surface area contributed by atoms with E-state index in [4.69, 9.17) is 18.5 Å². The predicted octanol–water partition coefficient (Wildman–Crippen LogP) is 3.90. The third kappa shape index (κ3) is 7.97. The zero-order valence-corrected chi connectivity index (χ0v) is 18.3. The van der Waals surface area contributed by atoms with E-state index in [-0.39, 0.29) is 43.5 Å². The lowest BCUT2D eigenvalue weighted by Gasteiger charge is -2.22. The fraction of sp³-hybridized carbons (Fsp3) is 0.429. The molecule has 0 unspecified atom stereocenters. The van der Waals surface area contributed by atoms with Crippen molar-refractivity contribution < 1.29 is 32.7 Å². The Hall–Kier alpha value is -2.21. The number of ether oxygens (including phenoxy) is 2. The van der Waals surface area contributed by atoms with E-state index < -0.39 is 19.5 Å². The third-order valence-corrected chi connectivity index (χ3v) is 5.75. The summed E-state index contributed by atoms with van der Waals surface area (Å²) in [4.78, 5) is 23.0. The Morgan fingerprint density at radius 2 is 1.34 bits per heavy atom. The first-order chi connectivity index (χ1) is 13.6. The quantitative estimate of drug-likeness (QED) is 0.218. The van der Waals surface area contributed by atoms with Crippen molar-refractivity contribution in [3.05, 3.63) is 54.1 Å². The van der Waals surface area contributed by atoms with Crippen LogP contribution in [0.5, 0.6) is 0 Å². The topological polar surface area (TPSA) is 88.1 Å². The Morgan fingerprint density at radius 3 is 1.76 bits per heavy atom. The number of carbonyl (C=O) groups is 2. The summed E-state index contributed by atoms with van der Waals surface area (Å²) in [7, 11) is -3.76. The van der Waals surface area contributed by atoms with Crippen LogP contribution in [0.3, 0.4) is 0 Å². The van der Waals surface area contributed by atoms with E-state index in [1.165, 1.54) is 13.8 Å². The van der Waals surface area contributed by atoms with Crippen molar-refractivity contribution in [3.8, 4) is 0 Å². The fourth-order valence-corrected chi connectivity index (χ4v) is 4.13. The smallest absolute Gasteiger partial charge is 0.361 e. The van der Waals surface area contributed by atoms with Crippen LogP contribution in [-0.2, 0) is 32.7 Å². The molecule has 0 aliphatic heterocycles. The van der Waals surface area contributed by atoms with Gasteiger partial charge >= 0.3 is 19.5 Å². The van der Waals surface area contributed by atoms with E-state index in [2.05, 4.69) is 13.2 Å². The molecule has 160 valence electrons. The number of rotatable bonds is 12. The zero-order chi connectivity index (χ0) is 22.0. The number of hydrogen-bond donors (Lipinski definition) is 0. The second-order valence-electron chi connectivity index (χ2n) is 6.71. The van der Waals surface area contributed by atoms with Crippen LogP contribution in [0.25, 0.3) is 0 Å². The molecule has 0 saturated heterocycles. The van der Waals surface area contributed by atoms with Gasteiger partial charge < -0.3 is 18.5 Å². The highest BCUT2D eigenvalue weighted by Crippen LogP contribution is 2.48. The Bertz CT molecular complexity index is 760. The maximum atomic E-state index is 13.5.